The van der Waals surface area contributed by atoms with E-state index in [2.05, 4.69) is 20.6 Å². The number of thioether (sulfide) groups is 1. The summed E-state index contributed by atoms with van der Waals surface area (Å²) in [5.41, 5.74) is 2.27. The van der Waals surface area contributed by atoms with E-state index >= 15 is 0 Å². The first-order chi connectivity index (χ1) is 15.6. The summed E-state index contributed by atoms with van der Waals surface area (Å²) in [6.45, 7) is 3.30. The predicted octanol–water partition coefficient (Wildman–Crippen LogP) is 3.88. The number of hydrogen-bond acceptors (Lipinski definition) is 5. The molecule has 0 atom stereocenters. The number of carbonyl (C=O) groups excluding carboxylic acids is 1. The van der Waals surface area contributed by atoms with Crippen LogP contribution < -0.4 is 5.32 Å². The van der Waals surface area contributed by atoms with Crippen molar-refractivity contribution in [2.45, 2.75) is 25.0 Å². The van der Waals surface area contributed by atoms with Crippen molar-refractivity contribution in [2.24, 2.45) is 0 Å². The fourth-order valence-electron chi connectivity index (χ4n) is 3.23. The highest BCUT2D eigenvalue weighted by Crippen LogP contribution is 2.29. The van der Waals surface area contributed by atoms with Crippen LogP contribution in [-0.2, 0) is 11.3 Å². The van der Waals surface area contributed by atoms with E-state index in [1.165, 1.54) is 17.8 Å². The third kappa shape index (κ3) is 5.23. The summed E-state index contributed by atoms with van der Waals surface area (Å²) >= 11 is 1.27. The van der Waals surface area contributed by atoms with E-state index in [9.17, 15) is 9.18 Å². The molecule has 32 heavy (non-hydrogen) atoms. The Morgan fingerprint density at radius 1 is 1.09 bits per heavy atom. The lowest BCUT2D eigenvalue weighted by atomic mass is 10.2. The molecule has 0 spiro atoms. The molecule has 0 saturated heterocycles. The van der Waals surface area contributed by atoms with E-state index < -0.39 is 0 Å². The number of nitrogens with one attached hydrogen (secondary N) is 1. The Morgan fingerprint density at radius 3 is 2.62 bits per heavy atom. The molecule has 1 amide bonds. The van der Waals surface area contributed by atoms with Crippen molar-refractivity contribution in [3.05, 3.63) is 78.4 Å². The van der Waals surface area contributed by atoms with Gasteiger partial charge in [-0.2, -0.15) is 5.10 Å². The number of nitrogens with zero attached hydrogens (tertiary/aromatic N) is 5. The van der Waals surface area contributed by atoms with Crippen molar-refractivity contribution in [1.82, 2.24) is 29.9 Å². The highest BCUT2D eigenvalue weighted by atomic mass is 32.2. The standard InChI is InChI=1S/C23H23FN6OS/c1-17-14-26-29(15-17)13-7-12-25-21(31)16-32-23-28-27-22(19-10-5-6-11-20(19)24)30(23)18-8-3-2-4-9-18/h2-6,8-11,14-15H,7,12-13,16H2,1H3,(H,25,31). The molecule has 2 aromatic heterocycles. The van der Waals surface area contributed by atoms with E-state index in [1.807, 2.05) is 54.3 Å². The minimum Gasteiger partial charge on any atom is -0.355 e. The molecule has 0 fully saturated rings. The first-order valence-corrected chi connectivity index (χ1v) is 11.2. The third-order valence-corrected chi connectivity index (χ3v) is 5.67. The fraction of sp³-hybridized carbons (Fsp3) is 0.217. The number of aromatic nitrogens is 5. The van der Waals surface area contributed by atoms with Gasteiger partial charge in [-0.25, -0.2) is 4.39 Å². The van der Waals surface area contributed by atoms with Crippen molar-refractivity contribution in [3.63, 3.8) is 0 Å². The summed E-state index contributed by atoms with van der Waals surface area (Å²) < 4.78 is 18.1. The molecule has 0 saturated carbocycles. The molecule has 7 nitrogen and oxygen atoms in total. The van der Waals surface area contributed by atoms with Gasteiger partial charge in [-0.05, 0) is 43.2 Å². The molecule has 2 heterocycles. The van der Waals surface area contributed by atoms with Gasteiger partial charge in [-0.1, -0.05) is 42.1 Å². The Morgan fingerprint density at radius 2 is 1.88 bits per heavy atom. The van der Waals surface area contributed by atoms with Crippen molar-refractivity contribution >= 4 is 17.7 Å². The van der Waals surface area contributed by atoms with Crippen LogP contribution in [-0.4, -0.2) is 42.7 Å². The zero-order chi connectivity index (χ0) is 22.3. The van der Waals surface area contributed by atoms with Crippen molar-refractivity contribution in [2.75, 3.05) is 12.3 Å². The molecule has 1 N–H and O–H groups in total. The molecule has 0 unspecified atom stereocenters. The molecule has 0 bridgehead atoms. The molecule has 0 aliphatic rings. The van der Waals surface area contributed by atoms with Crippen LogP contribution >= 0.6 is 11.8 Å². The maximum absolute atomic E-state index is 14.4. The summed E-state index contributed by atoms with van der Waals surface area (Å²) in [6.07, 6.45) is 4.57. The number of rotatable bonds is 9. The molecule has 0 aliphatic carbocycles. The maximum atomic E-state index is 14.4. The lowest BCUT2D eigenvalue weighted by Crippen LogP contribution is -2.27. The fourth-order valence-corrected chi connectivity index (χ4v) is 4.01. The number of para-hydroxylation sites is 1. The summed E-state index contributed by atoms with van der Waals surface area (Å²) in [7, 11) is 0. The average molecular weight is 451 g/mol. The Labute approximate surface area is 189 Å². The Balaban J connectivity index is 1.42. The van der Waals surface area contributed by atoms with Crippen molar-refractivity contribution in [3.8, 4) is 17.1 Å². The molecule has 0 radical (unpaired) electrons. The smallest absolute Gasteiger partial charge is 0.230 e. The predicted molar refractivity (Wildman–Crippen MR) is 122 cm³/mol. The van der Waals surface area contributed by atoms with E-state index in [-0.39, 0.29) is 17.5 Å². The monoisotopic (exact) mass is 450 g/mol. The van der Waals surface area contributed by atoms with Gasteiger partial charge in [0.05, 0.1) is 17.5 Å². The second kappa shape index (κ2) is 10.2. The van der Waals surface area contributed by atoms with Crippen molar-refractivity contribution in [1.29, 1.82) is 0 Å². The Kier molecular flexibility index (Phi) is 6.96. The SMILES string of the molecule is Cc1cnn(CCCNC(=O)CSc2nnc(-c3ccccc3F)n2-c2ccccc2)c1. The van der Waals surface area contributed by atoms with E-state index in [4.69, 9.17) is 0 Å². The number of halogens is 1. The summed E-state index contributed by atoms with van der Waals surface area (Å²) in [6, 6.07) is 15.9. The van der Waals surface area contributed by atoms with Gasteiger partial charge in [0.25, 0.3) is 0 Å². The topological polar surface area (TPSA) is 77.6 Å². The van der Waals surface area contributed by atoms with Crippen molar-refractivity contribution < 1.29 is 9.18 Å². The van der Waals surface area contributed by atoms with E-state index in [0.29, 0.717) is 23.1 Å². The first-order valence-electron chi connectivity index (χ1n) is 10.3. The lowest BCUT2D eigenvalue weighted by molar-refractivity contribution is -0.118. The zero-order valence-corrected chi connectivity index (χ0v) is 18.4. The second-order valence-corrected chi connectivity index (χ2v) is 8.17. The molecule has 164 valence electrons. The van der Waals surface area contributed by atoms with E-state index in [1.54, 1.807) is 22.8 Å². The van der Waals surface area contributed by atoms with Crippen LogP contribution in [0.1, 0.15) is 12.0 Å². The molecule has 0 aliphatic heterocycles. The molecule has 2 aromatic carbocycles. The van der Waals surface area contributed by atoms with Gasteiger partial charge in [-0.3, -0.25) is 14.0 Å². The minimum absolute atomic E-state index is 0.0956. The summed E-state index contributed by atoms with van der Waals surface area (Å²) in [5.74, 6) is 0.107. The summed E-state index contributed by atoms with van der Waals surface area (Å²) in [5, 5.41) is 16.1. The largest absolute Gasteiger partial charge is 0.355 e. The number of aryl methyl sites for hydroxylation is 2. The second-order valence-electron chi connectivity index (χ2n) is 7.23. The van der Waals surface area contributed by atoms with Crippen LogP contribution in [0, 0.1) is 12.7 Å². The van der Waals surface area contributed by atoms with Gasteiger partial charge in [0.15, 0.2) is 11.0 Å². The van der Waals surface area contributed by atoms with Gasteiger partial charge >= 0.3 is 0 Å². The number of carbonyl (C=O) groups is 1. The van der Waals surface area contributed by atoms with Gasteiger partial charge in [0.2, 0.25) is 5.91 Å². The van der Waals surface area contributed by atoms with Crippen LogP contribution in [0.2, 0.25) is 0 Å². The minimum atomic E-state index is -0.376. The lowest BCUT2D eigenvalue weighted by Gasteiger charge is -2.11. The number of amides is 1. The molecular formula is C23H23FN6OS. The van der Waals surface area contributed by atoms with Crippen LogP contribution in [0.15, 0.2) is 72.1 Å². The molecule has 4 aromatic rings. The highest BCUT2D eigenvalue weighted by molar-refractivity contribution is 7.99. The maximum Gasteiger partial charge on any atom is 0.230 e. The normalized spacial score (nSPS) is 10.9. The number of hydrogen-bond donors (Lipinski definition) is 1. The summed E-state index contributed by atoms with van der Waals surface area (Å²) in [4.78, 5) is 12.3. The quantitative estimate of drug-likeness (QED) is 0.309. The first kappa shape index (κ1) is 21.8. The Hall–Kier alpha value is -3.46. The third-order valence-electron chi connectivity index (χ3n) is 4.74. The van der Waals surface area contributed by atoms with Gasteiger partial charge in [-0.15, -0.1) is 10.2 Å². The molecule has 4 rings (SSSR count). The average Bonchev–Trinajstić information content (AvgIpc) is 3.42. The molecular weight excluding hydrogens is 427 g/mol. The molecule has 9 heteroatoms. The number of benzene rings is 2. The Bertz CT molecular complexity index is 1190. The highest BCUT2D eigenvalue weighted by Gasteiger charge is 2.19. The van der Waals surface area contributed by atoms with Gasteiger partial charge < -0.3 is 5.32 Å². The van der Waals surface area contributed by atoms with Gasteiger partial charge in [0, 0.05) is 25.0 Å². The van der Waals surface area contributed by atoms with Crippen LogP contribution in [0.5, 0.6) is 0 Å². The zero-order valence-electron chi connectivity index (χ0n) is 17.6. The van der Waals surface area contributed by atoms with Crippen LogP contribution in [0.25, 0.3) is 17.1 Å². The van der Waals surface area contributed by atoms with Crippen LogP contribution in [0.3, 0.4) is 0 Å². The van der Waals surface area contributed by atoms with Gasteiger partial charge in [0.1, 0.15) is 5.82 Å². The van der Waals surface area contributed by atoms with Crippen LogP contribution in [0.4, 0.5) is 4.39 Å². The van der Waals surface area contributed by atoms with E-state index in [0.717, 1.165) is 24.2 Å².